The van der Waals surface area contributed by atoms with Gasteiger partial charge in [0, 0.05) is 29.9 Å². The van der Waals surface area contributed by atoms with Crippen molar-refractivity contribution >= 4 is 65.8 Å². The third-order valence-corrected chi connectivity index (χ3v) is 9.14. The normalized spacial score (nSPS) is 12.4. The fraction of sp³-hybridized carbons (Fsp3) is 0.471. The van der Waals surface area contributed by atoms with Crippen LogP contribution in [0, 0.1) is 0 Å². The molecular weight excluding hydrogens is 463 g/mol. The van der Waals surface area contributed by atoms with Crippen molar-refractivity contribution in [2.24, 2.45) is 0 Å². The number of hydrogen-bond donors (Lipinski definition) is 1. The van der Waals surface area contributed by atoms with E-state index in [1.807, 2.05) is 6.92 Å². The average Bonchev–Trinajstić information content (AvgIpc) is 3.07. The maximum Gasteiger partial charge on any atom is 0.335 e. The fourth-order valence-corrected chi connectivity index (χ4v) is 7.61. The first-order chi connectivity index (χ1) is 13.6. The zero-order chi connectivity index (χ0) is 21.8. The van der Waals surface area contributed by atoms with Gasteiger partial charge in [0.1, 0.15) is 0 Å². The third kappa shape index (κ3) is 5.17. The van der Waals surface area contributed by atoms with Gasteiger partial charge in [0.25, 0.3) is 0 Å². The molecule has 0 fully saturated rings. The predicted molar refractivity (Wildman–Crippen MR) is 115 cm³/mol. The molecule has 0 bridgehead atoms. The summed E-state index contributed by atoms with van der Waals surface area (Å²) in [6, 6.07) is 4.03. The molecule has 0 atom stereocenters. The first-order valence-corrected chi connectivity index (χ1v) is 13.1. The van der Waals surface area contributed by atoms with Gasteiger partial charge < -0.3 is 9.67 Å². The Bertz CT molecular complexity index is 1060. The highest BCUT2D eigenvalue weighted by molar-refractivity contribution is 8.10. The standard InChI is InChI=1S/C17H22Cl2N2O6S2/c1-2-20-8-5-14-15(20)11-13(17(22)23)12-16(14)21(28(24,25)9-3-6-18)29(26,27)10-4-7-19/h5,8,11-12H,2-4,6-7,9-10H2,1H3,(H,22,23). The largest absolute Gasteiger partial charge is 0.478 e. The molecule has 8 nitrogen and oxygen atoms in total. The highest BCUT2D eigenvalue weighted by Gasteiger charge is 2.35. The molecule has 0 saturated heterocycles. The second kappa shape index (κ2) is 9.55. The first-order valence-electron chi connectivity index (χ1n) is 8.83. The lowest BCUT2D eigenvalue weighted by atomic mass is 10.1. The van der Waals surface area contributed by atoms with Gasteiger partial charge in [0.15, 0.2) is 0 Å². The number of aromatic carboxylic acids is 1. The van der Waals surface area contributed by atoms with E-state index in [1.54, 1.807) is 16.8 Å². The number of carbonyl (C=O) groups is 1. The van der Waals surface area contributed by atoms with Crippen molar-refractivity contribution in [2.45, 2.75) is 26.3 Å². The predicted octanol–water partition coefficient (Wildman–Crippen LogP) is 3.08. The lowest BCUT2D eigenvalue weighted by molar-refractivity contribution is 0.0697. The number of halogens is 2. The monoisotopic (exact) mass is 484 g/mol. The number of alkyl halides is 2. The minimum atomic E-state index is -4.34. The van der Waals surface area contributed by atoms with Crippen LogP contribution in [0.25, 0.3) is 10.9 Å². The van der Waals surface area contributed by atoms with E-state index < -0.39 is 37.5 Å². The molecule has 162 valence electrons. The molecule has 1 heterocycles. The lowest BCUT2D eigenvalue weighted by Crippen LogP contribution is -2.40. The summed E-state index contributed by atoms with van der Waals surface area (Å²) in [5.74, 6) is -2.22. The van der Waals surface area contributed by atoms with Crippen molar-refractivity contribution in [3.63, 3.8) is 0 Å². The number of anilines is 1. The number of aryl methyl sites for hydroxylation is 1. The van der Waals surface area contributed by atoms with Gasteiger partial charge in [0.05, 0.1) is 28.3 Å². The molecule has 0 radical (unpaired) electrons. The van der Waals surface area contributed by atoms with Gasteiger partial charge >= 0.3 is 5.97 Å². The van der Waals surface area contributed by atoms with E-state index in [9.17, 15) is 26.7 Å². The van der Waals surface area contributed by atoms with E-state index in [2.05, 4.69) is 0 Å². The molecule has 2 aromatic rings. The molecule has 1 N–H and O–H groups in total. The van der Waals surface area contributed by atoms with Crippen molar-refractivity contribution in [3.05, 3.63) is 30.0 Å². The summed E-state index contributed by atoms with van der Waals surface area (Å²) in [7, 11) is -8.68. The number of carboxylic acids is 1. The number of rotatable bonds is 11. The van der Waals surface area contributed by atoms with Crippen molar-refractivity contribution in [1.29, 1.82) is 0 Å². The van der Waals surface area contributed by atoms with Crippen molar-refractivity contribution < 1.29 is 26.7 Å². The Labute approximate surface area is 180 Å². The number of aromatic nitrogens is 1. The number of benzene rings is 1. The van der Waals surface area contributed by atoms with E-state index >= 15 is 0 Å². The molecule has 2 rings (SSSR count). The summed E-state index contributed by atoms with van der Waals surface area (Å²) in [6.45, 7) is 2.32. The smallest absolute Gasteiger partial charge is 0.335 e. The summed E-state index contributed by atoms with van der Waals surface area (Å²) in [6.07, 6.45) is 1.74. The van der Waals surface area contributed by atoms with E-state index in [1.165, 1.54) is 6.07 Å². The fourth-order valence-electron chi connectivity index (χ4n) is 2.94. The van der Waals surface area contributed by atoms with Crippen LogP contribution in [0.4, 0.5) is 5.69 Å². The summed E-state index contributed by atoms with van der Waals surface area (Å²) in [4.78, 5) is 11.6. The molecule has 29 heavy (non-hydrogen) atoms. The van der Waals surface area contributed by atoms with E-state index in [0.29, 0.717) is 21.2 Å². The van der Waals surface area contributed by atoms with E-state index in [4.69, 9.17) is 23.2 Å². The van der Waals surface area contributed by atoms with Crippen LogP contribution in [0.2, 0.25) is 0 Å². The van der Waals surface area contributed by atoms with Crippen LogP contribution in [0.15, 0.2) is 24.4 Å². The van der Waals surface area contributed by atoms with Crippen molar-refractivity contribution in [1.82, 2.24) is 4.57 Å². The second-order valence-electron chi connectivity index (χ2n) is 6.25. The van der Waals surface area contributed by atoms with Crippen LogP contribution < -0.4 is 3.71 Å². The van der Waals surface area contributed by atoms with Crippen LogP contribution in [0.1, 0.15) is 30.1 Å². The first kappa shape index (κ1) is 23.8. The Morgan fingerprint density at radius 2 is 1.62 bits per heavy atom. The van der Waals surface area contributed by atoms with Crippen LogP contribution in [0.3, 0.4) is 0 Å². The molecule has 0 aliphatic rings. The third-order valence-electron chi connectivity index (χ3n) is 4.23. The Hall–Kier alpha value is -1.49. The molecule has 0 aliphatic heterocycles. The highest BCUT2D eigenvalue weighted by Crippen LogP contribution is 2.34. The number of carboxylic acid groups (broad SMARTS) is 1. The zero-order valence-corrected chi connectivity index (χ0v) is 18.9. The van der Waals surface area contributed by atoms with Gasteiger partial charge in [-0.3, -0.25) is 0 Å². The van der Waals surface area contributed by atoms with Crippen molar-refractivity contribution in [2.75, 3.05) is 27.0 Å². The molecular formula is C17H22Cl2N2O6S2. The summed E-state index contributed by atoms with van der Waals surface area (Å²) in [5.41, 5.74) is -0.00489. The van der Waals surface area contributed by atoms with Gasteiger partial charge in [-0.1, -0.05) is 0 Å². The number of fused-ring (bicyclic) bond motifs is 1. The van der Waals surface area contributed by atoms with Gasteiger partial charge in [-0.2, -0.15) is 3.71 Å². The van der Waals surface area contributed by atoms with Crippen LogP contribution in [0.5, 0.6) is 0 Å². The SMILES string of the molecule is CCn1ccc2c(N(S(=O)(=O)CCCCl)S(=O)(=O)CCCCl)cc(C(=O)O)cc21. The van der Waals surface area contributed by atoms with Crippen LogP contribution in [-0.4, -0.2) is 55.7 Å². The Morgan fingerprint density at radius 3 is 2.07 bits per heavy atom. The minimum Gasteiger partial charge on any atom is -0.478 e. The second-order valence-corrected chi connectivity index (χ2v) is 11.1. The van der Waals surface area contributed by atoms with Crippen molar-refractivity contribution in [3.8, 4) is 0 Å². The van der Waals surface area contributed by atoms with E-state index in [0.717, 1.165) is 6.07 Å². The Balaban J connectivity index is 2.84. The molecule has 0 saturated carbocycles. The lowest BCUT2D eigenvalue weighted by Gasteiger charge is -2.25. The van der Waals surface area contributed by atoms with Crippen LogP contribution in [-0.2, 0) is 26.6 Å². The summed E-state index contributed by atoms with van der Waals surface area (Å²) >= 11 is 11.2. The molecule has 0 amide bonds. The molecule has 0 unspecified atom stereocenters. The quantitative estimate of drug-likeness (QED) is 0.490. The summed E-state index contributed by atoms with van der Waals surface area (Å²) in [5, 5.41) is 9.80. The molecule has 1 aromatic carbocycles. The maximum atomic E-state index is 13.0. The number of nitrogens with zero attached hydrogens (tertiary/aromatic N) is 2. The highest BCUT2D eigenvalue weighted by atomic mass is 35.5. The average molecular weight is 485 g/mol. The van der Waals surface area contributed by atoms with Crippen LogP contribution >= 0.6 is 23.2 Å². The van der Waals surface area contributed by atoms with Gasteiger partial charge in [0.2, 0.25) is 20.0 Å². The molecule has 1 aromatic heterocycles. The molecule has 0 spiro atoms. The minimum absolute atomic E-state index is 0.0333. The van der Waals surface area contributed by atoms with Gasteiger partial charge in [-0.25, -0.2) is 21.6 Å². The Kier molecular flexibility index (Phi) is 7.83. The topological polar surface area (TPSA) is 114 Å². The van der Waals surface area contributed by atoms with Gasteiger partial charge in [-0.15, -0.1) is 23.2 Å². The Morgan fingerprint density at radius 1 is 1.07 bits per heavy atom. The summed E-state index contributed by atoms with van der Waals surface area (Å²) < 4.78 is 54.1. The van der Waals surface area contributed by atoms with Gasteiger partial charge in [-0.05, 0) is 38.0 Å². The number of sulfonamides is 2. The molecule has 0 aliphatic carbocycles. The van der Waals surface area contributed by atoms with E-state index in [-0.39, 0.29) is 35.9 Å². The zero-order valence-electron chi connectivity index (χ0n) is 15.7. The number of hydrogen-bond acceptors (Lipinski definition) is 5. The molecule has 12 heteroatoms. The maximum absolute atomic E-state index is 13.0.